The van der Waals surface area contributed by atoms with Gasteiger partial charge in [0, 0.05) is 18.1 Å². The largest absolute Gasteiger partial charge is 0.469 e. The van der Waals surface area contributed by atoms with E-state index in [9.17, 15) is 0 Å². The van der Waals surface area contributed by atoms with E-state index in [-0.39, 0.29) is 6.10 Å². The Morgan fingerprint density at radius 3 is 3.00 bits per heavy atom. The van der Waals surface area contributed by atoms with Gasteiger partial charge in [0.15, 0.2) is 0 Å². The van der Waals surface area contributed by atoms with Gasteiger partial charge in [-0.2, -0.15) is 0 Å². The number of nitrogens with zero attached hydrogens (tertiary/aromatic N) is 1. The van der Waals surface area contributed by atoms with Crippen molar-refractivity contribution < 1.29 is 4.74 Å². The highest BCUT2D eigenvalue weighted by molar-refractivity contribution is 6.32. The zero-order valence-corrected chi connectivity index (χ0v) is 12.5. The molecule has 20 heavy (non-hydrogen) atoms. The van der Waals surface area contributed by atoms with Gasteiger partial charge < -0.3 is 4.74 Å². The van der Waals surface area contributed by atoms with E-state index in [1.165, 1.54) is 11.1 Å². The molecule has 0 N–H and O–H groups in total. The van der Waals surface area contributed by atoms with Gasteiger partial charge in [0.2, 0.25) is 5.88 Å². The van der Waals surface area contributed by atoms with Crippen molar-refractivity contribution in [1.82, 2.24) is 4.98 Å². The smallest absolute Gasteiger partial charge is 0.214 e. The summed E-state index contributed by atoms with van der Waals surface area (Å²) in [7, 11) is 0. The van der Waals surface area contributed by atoms with Crippen molar-refractivity contribution in [3.8, 4) is 5.88 Å². The Balaban J connectivity index is 1.85. The zero-order chi connectivity index (χ0) is 13.9. The third-order valence-corrected chi connectivity index (χ3v) is 4.26. The van der Waals surface area contributed by atoms with Gasteiger partial charge in [-0.1, -0.05) is 35.9 Å². The number of ether oxygens (including phenoxy) is 1. The van der Waals surface area contributed by atoms with E-state index >= 15 is 0 Å². The van der Waals surface area contributed by atoms with Crippen molar-refractivity contribution >= 4 is 23.2 Å². The van der Waals surface area contributed by atoms with E-state index in [1.807, 2.05) is 6.07 Å². The highest BCUT2D eigenvalue weighted by Gasteiger charge is 2.21. The van der Waals surface area contributed by atoms with Gasteiger partial charge in [-0.05, 0) is 36.0 Å². The van der Waals surface area contributed by atoms with Crippen LogP contribution in [0.1, 0.15) is 35.6 Å². The van der Waals surface area contributed by atoms with E-state index in [4.69, 9.17) is 27.9 Å². The van der Waals surface area contributed by atoms with Crippen LogP contribution in [0.15, 0.2) is 36.5 Å². The average molecular weight is 308 g/mol. The monoisotopic (exact) mass is 307 g/mol. The standard InChI is InChI=1S/C16H15Cl2NO/c17-9-12-8-16(19-10-14(12)18)20-15-7-3-5-11-4-1-2-6-13(11)15/h1-2,4,6,8,10,15H,3,5,7,9H2. The van der Waals surface area contributed by atoms with Gasteiger partial charge in [-0.15, -0.1) is 11.6 Å². The first-order valence-corrected chi connectivity index (χ1v) is 7.64. The van der Waals surface area contributed by atoms with Crippen molar-refractivity contribution in [3.63, 3.8) is 0 Å². The van der Waals surface area contributed by atoms with Crippen LogP contribution in [-0.4, -0.2) is 4.98 Å². The highest BCUT2D eigenvalue weighted by atomic mass is 35.5. The van der Waals surface area contributed by atoms with Crippen LogP contribution >= 0.6 is 23.2 Å². The number of hydrogen-bond donors (Lipinski definition) is 0. The lowest BCUT2D eigenvalue weighted by Crippen LogP contribution is -2.15. The van der Waals surface area contributed by atoms with E-state index in [0.717, 1.165) is 24.8 Å². The molecule has 1 atom stereocenters. The van der Waals surface area contributed by atoms with Gasteiger partial charge in [0.1, 0.15) is 6.10 Å². The summed E-state index contributed by atoms with van der Waals surface area (Å²) in [5, 5.41) is 0.580. The summed E-state index contributed by atoms with van der Waals surface area (Å²) in [6.07, 6.45) is 4.94. The van der Waals surface area contributed by atoms with Crippen LogP contribution < -0.4 is 4.74 Å². The van der Waals surface area contributed by atoms with Crippen LogP contribution in [0.2, 0.25) is 5.02 Å². The number of pyridine rings is 1. The lowest BCUT2D eigenvalue weighted by molar-refractivity contribution is 0.175. The molecule has 1 heterocycles. The summed E-state index contributed by atoms with van der Waals surface area (Å²) in [6.45, 7) is 0. The molecule has 104 valence electrons. The number of aromatic nitrogens is 1. The minimum Gasteiger partial charge on any atom is -0.469 e. The summed E-state index contributed by atoms with van der Waals surface area (Å²) in [6, 6.07) is 10.3. The molecular formula is C16H15Cl2NO. The number of aryl methyl sites for hydroxylation is 1. The number of rotatable bonds is 3. The summed E-state index contributed by atoms with van der Waals surface area (Å²) in [4.78, 5) is 4.24. The van der Waals surface area contributed by atoms with Crippen molar-refractivity contribution in [2.45, 2.75) is 31.2 Å². The fraction of sp³-hybridized carbons (Fsp3) is 0.312. The van der Waals surface area contributed by atoms with E-state index in [1.54, 1.807) is 6.20 Å². The maximum atomic E-state index is 6.05. The predicted octanol–water partition coefficient (Wildman–Crippen LogP) is 4.93. The van der Waals surface area contributed by atoms with Crippen LogP contribution in [0.5, 0.6) is 5.88 Å². The molecule has 4 heteroatoms. The molecule has 2 nitrogen and oxygen atoms in total. The van der Waals surface area contributed by atoms with Crippen LogP contribution in [0.4, 0.5) is 0 Å². The van der Waals surface area contributed by atoms with E-state index < -0.39 is 0 Å². The lowest BCUT2D eigenvalue weighted by atomic mass is 9.89. The molecule has 1 aliphatic rings. The third kappa shape index (κ3) is 2.77. The Morgan fingerprint density at radius 2 is 2.15 bits per heavy atom. The first-order valence-electron chi connectivity index (χ1n) is 6.73. The summed E-state index contributed by atoms with van der Waals surface area (Å²) in [5.74, 6) is 0.950. The summed E-state index contributed by atoms with van der Waals surface area (Å²) >= 11 is 11.9. The van der Waals surface area contributed by atoms with Gasteiger partial charge >= 0.3 is 0 Å². The quantitative estimate of drug-likeness (QED) is 0.750. The number of halogens is 2. The van der Waals surface area contributed by atoms with Gasteiger partial charge in [0.25, 0.3) is 0 Å². The maximum absolute atomic E-state index is 6.05. The normalized spacial score (nSPS) is 17.6. The molecule has 1 aromatic heterocycles. The molecule has 1 unspecified atom stereocenters. The lowest BCUT2D eigenvalue weighted by Gasteiger charge is -2.25. The molecule has 0 saturated carbocycles. The topological polar surface area (TPSA) is 22.1 Å². The van der Waals surface area contributed by atoms with Crippen LogP contribution in [0, 0.1) is 0 Å². The fourth-order valence-electron chi connectivity index (χ4n) is 2.60. The molecular weight excluding hydrogens is 293 g/mol. The molecule has 3 rings (SSSR count). The second-order valence-electron chi connectivity index (χ2n) is 4.95. The molecule has 0 spiro atoms. The SMILES string of the molecule is ClCc1cc(OC2CCCc3ccccc32)ncc1Cl. The van der Waals surface area contributed by atoms with Crippen LogP contribution in [0.25, 0.3) is 0 Å². The van der Waals surface area contributed by atoms with E-state index in [2.05, 4.69) is 29.2 Å². The van der Waals surface area contributed by atoms with Crippen molar-refractivity contribution in [3.05, 3.63) is 58.2 Å². The molecule has 0 aliphatic heterocycles. The molecule has 0 fully saturated rings. The molecule has 2 aromatic rings. The predicted molar refractivity (Wildman–Crippen MR) is 81.6 cm³/mol. The fourth-order valence-corrected chi connectivity index (χ4v) is 3.06. The van der Waals surface area contributed by atoms with Crippen molar-refractivity contribution in [1.29, 1.82) is 0 Å². The minimum absolute atomic E-state index is 0.0665. The first kappa shape index (κ1) is 13.7. The number of fused-ring (bicyclic) bond motifs is 1. The molecule has 1 aromatic carbocycles. The minimum atomic E-state index is 0.0665. The molecule has 0 bridgehead atoms. The second-order valence-corrected chi connectivity index (χ2v) is 5.62. The van der Waals surface area contributed by atoms with E-state index in [0.29, 0.717) is 16.8 Å². The molecule has 0 radical (unpaired) electrons. The molecule has 0 saturated heterocycles. The number of alkyl halides is 1. The van der Waals surface area contributed by atoms with Crippen molar-refractivity contribution in [2.75, 3.05) is 0 Å². The summed E-state index contributed by atoms with van der Waals surface area (Å²) < 4.78 is 6.05. The van der Waals surface area contributed by atoms with Crippen LogP contribution in [0.3, 0.4) is 0 Å². The Morgan fingerprint density at radius 1 is 1.30 bits per heavy atom. The average Bonchev–Trinajstić information content (AvgIpc) is 2.49. The Bertz CT molecular complexity index is 615. The highest BCUT2D eigenvalue weighted by Crippen LogP contribution is 2.33. The maximum Gasteiger partial charge on any atom is 0.214 e. The molecule has 1 aliphatic carbocycles. The summed E-state index contributed by atoms with van der Waals surface area (Å²) in [5.41, 5.74) is 3.49. The Hall–Kier alpha value is -1.25. The first-order chi connectivity index (χ1) is 9.78. The molecule has 0 amide bonds. The van der Waals surface area contributed by atoms with Crippen LogP contribution in [-0.2, 0) is 12.3 Å². The van der Waals surface area contributed by atoms with Gasteiger partial charge in [-0.3, -0.25) is 0 Å². The number of hydrogen-bond acceptors (Lipinski definition) is 2. The second kappa shape index (κ2) is 6.02. The Labute approximate surface area is 128 Å². The van der Waals surface area contributed by atoms with Gasteiger partial charge in [-0.25, -0.2) is 4.98 Å². The van der Waals surface area contributed by atoms with Crippen molar-refractivity contribution in [2.24, 2.45) is 0 Å². The zero-order valence-electron chi connectivity index (χ0n) is 11.0. The third-order valence-electron chi connectivity index (χ3n) is 3.63. The number of benzene rings is 1. The van der Waals surface area contributed by atoms with Gasteiger partial charge in [0.05, 0.1) is 5.02 Å². The Kier molecular flexibility index (Phi) is 4.13.